The van der Waals surface area contributed by atoms with Gasteiger partial charge in [-0.3, -0.25) is 0 Å². The molecule has 0 aliphatic heterocycles. The first kappa shape index (κ1) is 25.1. The predicted molar refractivity (Wildman–Crippen MR) is 111 cm³/mol. The van der Waals surface area contributed by atoms with Gasteiger partial charge in [-0.2, -0.15) is 0 Å². The Morgan fingerprint density at radius 3 is 1.16 bits per heavy atom. The minimum absolute atomic E-state index is 0.879. The van der Waals surface area contributed by atoms with E-state index in [4.69, 9.17) is 13.3 Å². The Hall–Kier alpha value is 0.0969. The van der Waals surface area contributed by atoms with Crippen LogP contribution in [-0.2, 0) is 13.3 Å². The van der Waals surface area contributed by atoms with Gasteiger partial charge in [0.25, 0.3) is 0 Å². The number of unbranched alkanes of at least 4 members (excludes halogenated alkanes) is 12. The second-order valence-corrected chi connectivity index (χ2v) is 10.9. The summed E-state index contributed by atoms with van der Waals surface area (Å²) < 4.78 is 16.4. The smallest absolute Gasteiger partial charge is 0.377 e. The molecule has 0 fully saturated rings. The van der Waals surface area contributed by atoms with Gasteiger partial charge in [0.2, 0.25) is 0 Å². The molecule has 0 amide bonds. The van der Waals surface area contributed by atoms with E-state index in [-0.39, 0.29) is 0 Å². The highest BCUT2D eigenvalue weighted by molar-refractivity contribution is 6.60. The highest BCUT2D eigenvalue weighted by atomic mass is 28.4. The lowest BCUT2D eigenvalue weighted by atomic mass is 10.0. The van der Waals surface area contributed by atoms with Crippen LogP contribution >= 0.6 is 0 Å². The normalized spacial score (nSPS) is 12.2. The molecule has 3 nitrogen and oxygen atoms in total. The fourth-order valence-corrected chi connectivity index (χ4v) is 5.19. The van der Waals surface area contributed by atoms with E-state index in [1.54, 1.807) is 21.3 Å². The molecule has 152 valence electrons. The summed E-state index contributed by atoms with van der Waals surface area (Å²) in [6.45, 7) is 4.65. The van der Waals surface area contributed by atoms with Crippen molar-refractivity contribution in [2.24, 2.45) is 5.92 Å². The molecule has 0 aromatic heterocycles. The number of hydrogen-bond acceptors (Lipinski definition) is 3. The molecule has 0 saturated carbocycles. The lowest BCUT2D eigenvalue weighted by Gasteiger charge is -2.24. The van der Waals surface area contributed by atoms with Gasteiger partial charge in [-0.25, -0.2) is 0 Å². The van der Waals surface area contributed by atoms with Gasteiger partial charge < -0.3 is 13.3 Å². The molecular weight excluding hydrogens is 328 g/mol. The van der Waals surface area contributed by atoms with E-state index < -0.39 is 8.80 Å². The molecule has 0 rings (SSSR count). The minimum atomic E-state index is -2.33. The fraction of sp³-hybridized carbons (Fsp3) is 1.00. The Kier molecular flexibility index (Phi) is 17.6. The third kappa shape index (κ3) is 14.9. The SMILES string of the molecule is CO[Si](CCCCCCCCCCCCCCCC(C)C)(OC)OC. The largest absolute Gasteiger partial charge is 0.500 e. The first-order chi connectivity index (χ1) is 12.1. The van der Waals surface area contributed by atoms with Crippen molar-refractivity contribution in [3.8, 4) is 0 Å². The van der Waals surface area contributed by atoms with Crippen LogP contribution in [0.2, 0.25) is 6.04 Å². The molecular formula is C21H46O3Si. The van der Waals surface area contributed by atoms with Gasteiger partial charge >= 0.3 is 8.80 Å². The molecule has 4 heteroatoms. The minimum Gasteiger partial charge on any atom is -0.377 e. The van der Waals surface area contributed by atoms with E-state index in [1.807, 2.05) is 0 Å². The maximum Gasteiger partial charge on any atom is 0.500 e. The van der Waals surface area contributed by atoms with Gasteiger partial charge in [0.1, 0.15) is 0 Å². The van der Waals surface area contributed by atoms with E-state index in [9.17, 15) is 0 Å². The second kappa shape index (κ2) is 17.5. The average molecular weight is 375 g/mol. The van der Waals surface area contributed by atoms with Crippen molar-refractivity contribution in [2.45, 2.75) is 110 Å². The lowest BCUT2D eigenvalue weighted by molar-refractivity contribution is 0.122. The molecule has 0 aromatic carbocycles. The zero-order valence-electron chi connectivity index (χ0n) is 17.9. The van der Waals surface area contributed by atoms with Crippen molar-refractivity contribution in [2.75, 3.05) is 21.3 Å². The summed E-state index contributed by atoms with van der Waals surface area (Å²) in [6.07, 6.45) is 19.4. The first-order valence-electron chi connectivity index (χ1n) is 10.8. The summed E-state index contributed by atoms with van der Waals surface area (Å²) in [7, 11) is 2.77. The monoisotopic (exact) mass is 374 g/mol. The van der Waals surface area contributed by atoms with Crippen LogP contribution in [0.5, 0.6) is 0 Å². The summed E-state index contributed by atoms with van der Waals surface area (Å²) >= 11 is 0. The van der Waals surface area contributed by atoms with E-state index in [0.717, 1.165) is 18.4 Å². The summed E-state index contributed by atoms with van der Waals surface area (Å²) in [6, 6.07) is 0.938. The molecule has 0 spiro atoms. The predicted octanol–water partition coefficient (Wildman–Crippen LogP) is 6.98. The van der Waals surface area contributed by atoms with E-state index in [1.165, 1.54) is 83.5 Å². The average Bonchev–Trinajstić information content (AvgIpc) is 2.62. The van der Waals surface area contributed by atoms with Crippen LogP contribution in [0.4, 0.5) is 0 Å². The molecule has 0 radical (unpaired) electrons. The van der Waals surface area contributed by atoms with Gasteiger partial charge in [0.15, 0.2) is 0 Å². The lowest BCUT2D eigenvalue weighted by Crippen LogP contribution is -2.42. The first-order valence-corrected chi connectivity index (χ1v) is 12.7. The zero-order valence-corrected chi connectivity index (χ0v) is 18.9. The van der Waals surface area contributed by atoms with Crippen LogP contribution in [0.15, 0.2) is 0 Å². The Labute approximate surface area is 159 Å². The maximum absolute atomic E-state index is 5.45. The van der Waals surface area contributed by atoms with Crippen LogP contribution in [0.25, 0.3) is 0 Å². The quantitative estimate of drug-likeness (QED) is 0.180. The molecule has 0 bridgehead atoms. The van der Waals surface area contributed by atoms with Crippen molar-refractivity contribution < 1.29 is 13.3 Å². The van der Waals surface area contributed by atoms with E-state index >= 15 is 0 Å². The van der Waals surface area contributed by atoms with Crippen molar-refractivity contribution in [3.63, 3.8) is 0 Å². The Balaban J connectivity index is 3.24. The van der Waals surface area contributed by atoms with Crippen molar-refractivity contribution in [3.05, 3.63) is 0 Å². The molecule has 0 atom stereocenters. The highest BCUT2D eigenvalue weighted by Crippen LogP contribution is 2.19. The Morgan fingerprint density at radius 1 is 0.520 bits per heavy atom. The molecule has 0 aliphatic carbocycles. The van der Waals surface area contributed by atoms with Crippen molar-refractivity contribution >= 4 is 8.80 Å². The summed E-state index contributed by atoms with van der Waals surface area (Å²) in [5.74, 6) is 0.879. The van der Waals surface area contributed by atoms with Crippen LogP contribution in [0.3, 0.4) is 0 Å². The van der Waals surface area contributed by atoms with Crippen LogP contribution in [0.1, 0.15) is 104 Å². The standard InChI is InChI=1S/C21H46O3Si/c1-21(2)19-17-15-13-11-9-7-6-8-10-12-14-16-18-20-25(22-3,23-4)24-5/h21H,6-20H2,1-5H3. The summed E-state index contributed by atoms with van der Waals surface area (Å²) in [5.41, 5.74) is 0. The van der Waals surface area contributed by atoms with Gasteiger partial charge in [-0.15, -0.1) is 0 Å². The molecule has 0 aliphatic rings. The van der Waals surface area contributed by atoms with Gasteiger partial charge in [0, 0.05) is 27.4 Å². The Bertz CT molecular complexity index is 260. The number of rotatable bonds is 19. The Morgan fingerprint density at radius 2 is 0.840 bits per heavy atom. The number of hydrogen-bond donors (Lipinski definition) is 0. The summed E-state index contributed by atoms with van der Waals surface area (Å²) in [5, 5.41) is 0. The van der Waals surface area contributed by atoms with Crippen LogP contribution in [0, 0.1) is 5.92 Å². The highest BCUT2D eigenvalue weighted by Gasteiger charge is 2.36. The van der Waals surface area contributed by atoms with Crippen LogP contribution < -0.4 is 0 Å². The van der Waals surface area contributed by atoms with Gasteiger partial charge in [-0.1, -0.05) is 97.3 Å². The third-order valence-corrected chi connectivity index (χ3v) is 8.03. The molecule has 0 unspecified atom stereocenters. The van der Waals surface area contributed by atoms with Crippen molar-refractivity contribution in [1.29, 1.82) is 0 Å². The molecule has 0 saturated heterocycles. The van der Waals surface area contributed by atoms with E-state index in [2.05, 4.69) is 13.8 Å². The topological polar surface area (TPSA) is 27.7 Å². The van der Waals surface area contributed by atoms with Gasteiger partial charge in [-0.05, 0) is 12.3 Å². The van der Waals surface area contributed by atoms with Crippen molar-refractivity contribution in [1.82, 2.24) is 0 Å². The van der Waals surface area contributed by atoms with Crippen LogP contribution in [-0.4, -0.2) is 30.1 Å². The van der Waals surface area contributed by atoms with E-state index in [0.29, 0.717) is 0 Å². The fourth-order valence-electron chi connectivity index (χ4n) is 3.39. The maximum atomic E-state index is 5.45. The zero-order chi connectivity index (χ0) is 18.8. The molecule has 0 aromatic rings. The third-order valence-electron chi connectivity index (χ3n) is 5.20. The second-order valence-electron chi connectivity index (χ2n) is 7.82. The molecule has 0 N–H and O–H groups in total. The van der Waals surface area contributed by atoms with Gasteiger partial charge in [0.05, 0.1) is 0 Å². The molecule has 0 heterocycles. The summed E-state index contributed by atoms with van der Waals surface area (Å²) in [4.78, 5) is 0. The molecule has 25 heavy (non-hydrogen) atoms.